The van der Waals surface area contributed by atoms with Gasteiger partial charge in [0.05, 0.1) is 40.0 Å². The van der Waals surface area contributed by atoms with Gasteiger partial charge in [-0.3, -0.25) is 9.69 Å². The van der Waals surface area contributed by atoms with Gasteiger partial charge in [0, 0.05) is 25.3 Å². The van der Waals surface area contributed by atoms with Crippen LogP contribution in [0.1, 0.15) is 15.2 Å². The van der Waals surface area contributed by atoms with E-state index in [1.807, 2.05) is 24.3 Å². The highest BCUT2D eigenvalue weighted by atomic mass is 35.5. The molecule has 0 radical (unpaired) electrons. The lowest BCUT2D eigenvalue weighted by molar-refractivity contribution is 0.0342. The molecule has 4 heterocycles. The summed E-state index contributed by atoms with van der Waals surface area (Å²) < 4.78 is 5.40. The molecule has 0 bridgehead atoms. The van der Waals surface area contributed by atoms with Gasteiger partial charge in [-0.15, -0.1) is 11.3 Å². The second-order valence-corrected chi connectivity index (χ2v) is 10.4. The Labute approximate surface area is 226 Å². The standard InChI is InChI=1S/C25H20Cl2N6O3S/c26-16-2-1-3-17(27)20(16)33-22-18-19(31-25(33)35)21(37-24(18)29-13-28-22)23(34)30-15-6-4-14(5-7-15)12-32-8-10-36-11-9-32/h1-7,13H,8-12H2,(H,30,34)(H,31,35). The highest BCUT2D eigenvalue weighted by Gasteiger charge is 2.35. The third-order valence-electron chi connectivity index (χ3n) is 6.20. The van der Waals surface area contributed by atoms with Crippen molar-refractivity contribution in [2.75, 3.05) is 41.8 Å². The number of hydrogen-bond acceptors (Lipinski definition) is 7. The first-order valence-corrected chi connectivity index (χ1v) is 13.1. The fraction of sp³-hybridized carbons (Fsp3) is 0.200. The van der Waals surface area contributed by atoms with Crippen molar-refractivity contribution in [3.63, 3.8) is 0 Å². The van der Waals surface area contributed by atoms with Crippen LogP contribution in [-0.2, 0) is 11.3 Å². The molecular weight excluding hydrogens is 535 g/mol. The lowest BCUT2D eigenvalue weighted by atomic mass is 10.1. The van der Waals surface area contributed by atoms with Crippen molar-refractivity contribution in [3.05, 3.63) is 69.3 Å². The number of nitrogens with zero attached hydrogens (tertiary/aromatic N) is 4. The maximum absolute atomic E-state index is 13.3. The van der Waals surface area contributed by atoms with Crippen LogP contribution in [0.2, 0.25) is 10.0 Å². The van der Waals surface area contributed by atoms with Crippen molar-refractivity contribution in [1.82, 2.24) is 14.9 Å². The number of aromatic nitrogens is 2. The highest BCUT2D eigenvalue weighted by molar-refractivity contribution is 7.21. The number of carbonyl (C=O) groups excluding carboxylic acids is 2. The second kappa shape index (κ2) is 9.88. The van der Waals surface area contributed by atoms with E-state index in [-0.39, 0.29) is 5.91 Å². The zero-order valence-corrected chi connectivity index (χ0v) is 21.7. The van der Waals surface area contributed by atoms with E-state index < -0.39 is 6.03 Å². The summed E-state index contributed by atoms with van der Waals surface area (Å²) in [7, 11) is 0. The number of morpholine rings is 1. The van der Waals surface area contributed by atoms with Gasteiger partial charge in [0.25, 0.3) is 5.91 Å². The summed E-state index contributed by atoms with van der Waals surface area (Å²) in [4.78, 5) is 39.7. The molecule has 0 atom stereocenters. The van der Waals surface area contributed by atoms with E-state index in [2.05, 4.69) is 25.5 Å². The van der Waals surface area contributed by atoms with Crippen LogP contribution < -0.4 is 15.5 Å². The molecule has 0 aliphatic carbocycles. The molecule has 1 saturated heterocycles. The molecule has 188 valence electrons. The SMILES string of the molecule is O=C(Nc1ccc(CN2CCOCC2)cc1)c1sc2ncnc3c2c1NC(=O)N3c1c(Cl)cccc1Cl. The minimum atomic E-state index is -0.526. The van der Waals surface area contributed by atoms with E-state index in [1.54, 1.807) is 18.2 Å². The number of nitrogens with one attached hydrogen (secondary N) is 2. The van der Waals surface area contributed by atoms with Crippen molar-refractivity contribution >= 4 is 79.6 Å². The fourth-order valence-corrected chi connectivity index (χ4v) is 5.99. The number of hydrogen-bond donors (Lipinski definition) is 2. The van der Waals surface area contributed by atoms with Gasteiger partial charge in [-0.05, 0) is 29.8 Å². The van der Waals surface area contributed by atoms with Crippen LogP contribution in [-0.4, -0.2) is 53.1 Å². The number of amides is 3. The van der Waals surface area contributed by atoms with Crippen LogP contribution in [0.15, 0.2) is 48.8 Å². The van der Waals surface area contributed by atoms with Crippen molar-refractivity contribution in [1.29, 1.82) is 0 Å². The largest absolute Gasteiger partial charge is 0.379 e. The van der Waals surface area contributed by atoms with Gasteiger partial charge in [0.1, 0.15) is 16.0 Å². The Bertz CT molecular complexity index is 1500. The maximum atomic E-state index is 13.3. The zero-order chi connectivity index (χ0) is 25.5. The van der Waals surface area contributed by atoms with Crippen molar-refractivity contribution in [2.24, 2.45) is 0 Å². The quantitative estimate of drug-likeness (QED) is 0.325. The summed E-state index contributed by atoms with van der Waals surface area (Å²) in [5.74, 6) is -0.0454. The fourth-order valence-electron chi connectivity index (χ4n) is 4.43. The molecule has 6 rings (SSSR count). The molecule has 0 saturated carbocycles. The van der Waals surface area contributed by atoms with E-state index in [4.69, 9.17) is 27.9 Å². The number of ether oxygens (including phenoxy) is 1. The smallest absolute Gasteiger partial charge is 0.332 e. The van der Waals surface area contributed by atoms with E-state index in [9.17, 15) is 9.59 Å². The number of urea groups is 1. The molecule has 12 heteroatoms. The Morgan fingerprint density at radius 1 is 1.08 bits per heavy atom. The molecule has 0 spiro atoms. The number of anilines is 4. The van der Waals surface area contributed by atoms with Crippen LogP contribution >= 0.6 is 34.5 Å². The Hall–Kier alpha value is -3.28. The van der Waals surface area contributed by atoms with Gasteiger partial charge in [-0.2, -0.15) is 0 Å². The average molecular weight is 555 g/mol. The third kappa shape index (κ3) is 4.51. The first-order valence-electron chi connectivity index (χ1n) is 11.5. The molecule has 4 aromatic rings. The predicted octanol–water partition coefficient (Wildman–Crippen LogP) is 5.77. The van der Waals surface area contributed by atoms with Crippen LogP contribution in [0.5, 0.6) is 0 Å². The molecule has 0 unspecified atom stereocenters. The van der Waals surface area contributed by atoms with E-state index in [0.29, 0.717) is 48.0 Å². The van der Waals surface area contributed by atoms with Crippen molar-refractivity contribution in [2.45, 2.75) is 6.54 Å². The molecular formula is C25H20Cl2N6O3S. The molecule has 2 N–H and O–H groups in total. The average Bonchev–Trinajstić information content (AvgIpc) is 3.27. The minimum absolute atomic E-state index is 0.295. The summed E-state index contributed by atoms with van der Waals surface area (Å²) >= 11 is 13.9. The summed E-state index contributed by atoms with van der Waals surface area (Å²) in [6.45, 7) is 4.14. The van der Waals surface area contributed by atoms with Gasteiger partial charge in [-0.1, -0.05) is 41.4 Å². The Kier molecular flexibility index (Phi) is 6.43. The molecule has 37 heavy (non-hydrogen) atoms. The second-order valence-electron chi connectivity index (χ2n) is 8.56. The van der Waals surface area contributed by atoms with Crippen molar-refractivity contribution in [3.8, 4) is 0 Å². The minimum Gasteiger partial charge on any atom is -0.379 e. The molecule has 2 aliphatic heterocycles. The van der Waals surface area contributed by atoms with Crippen molar-refractivity contribution < 1.29 is 14.3 Å². The van der Waals surface area contributed by atoms with Gasteiger partial charge in [-0.25, -0.2) is 19.7 Å². The summed E-state index contributed by atoms with van der Waals surface area (Å²) in [6.07, 6.45) is 1.35. The first kappa shape index (κ1) is 24.1. The molecule has 3 amide bonds. The molecule has 2 aliphatic rings. The van der Waals surface area contributed by atoms with Gasteiger partial charge >= 0.3 is 6.03 Å². The number of rotatable bonds is 5. The van der Waals surface area contributed by atoms with Crippen LogP contribution in [0, 0.1) is 0 Å². The van der Waals surface area contributed by atoms with Crippen LogP contribution in [0.3, 0.4) is 0 Å². The predicted molar refractivity (Wildman–Crippen MR) is 146 cm³/mol. The van der Waals surface area contributed by atoms with E-state index >= 15 is 0 Å². The molecule has 1 fully saturated rings. The van der Waals surface area contributed by atoms with Crippen LogP contribution in [0.25, 0.3) is 10.2 Å². The number of benzene rings is 2. The lowest BCUT2D eigenvalue weighted by Gasteiger charge is -2.28. The maximum Gasteiger partial charge on any atom is 0.332 e. The molecule has 2 aromatic carbocycles. The summed E-state index contributed by atoms with van der Waals surface area (Å²) in [5.41, 5.74) is 2.48. The Morgan fingerprint density at radius 2 is 1.81 bits per heavy atom. The van der Waals surface area contributed by atoms with E-state index in [0.717, 1.165) is 38.4 Å². The van der Waals surface area contributed by atoms with Gasteiger partial charge < -0.3 is 15.4 Å². The molecule has 9 nitrogen and oxygen atoms in total. The number of halogens is 2. The van der Waals surface area contributed by atoms with Gasteiger partial charge in [0.15, 0.2) is 5.82 Å². The number of para-hydroxylation sites is 1. The monoisotopic (exact) mass is 554 g/mol. The Morgan fingerprint density at radius 3 is 2.54 bits per heavy atom. The lowest BCUT2D eigenvalue weighted by Crippen LogP contribution is -2.35. The molecule has 2 aromatic heterocycles. The van der Waals surface area contributed by atoms with E-state index in [1.165, 1.54) is 22.6 Å². The summed E-state index contributed by atoms with van der Waals surface area (Å²) in [5, 5.41) is 6.89. The highest BCUT2D eigenvalue weighted by Crippen LogP contribution is 2.47. The normalized spacial score (nSPS) is 15.6. The van der Waals surface area contributed by atoms with Gasteiger partial charge in [0.2, 0.25) is 0 Å². The Balaban J connectivity index is 1.29. The summed E-state index contributed by atoms with van der Waals surface area (Å²) in [6, 6.07) is 12.2. The van der Waals surface area contributed by atoms with Crippen LogP contribution in [0.4, 0.5) is 27.7 Å². The third-order valence-corrected chi connectivity index (χ3v) is 7.91. The topological polar surface area (TPSA) is 99.7 Å². The zero-order valence-electron chi connectivity index (χ0n) is 19.3. The number of carbonyl (C=O) groups is 2. The number of thiophene rings is 1. The first-order chi connectivity index (χ1) is 18.0.